The molecule has 0 bridgehead atoms. The van der Waals surface area contributed by atoms with Crippen LogP contribution >= 0.6 is 0 Å². The van der Waals surface area contributed by atoms with Crippen molar-refractivity contribution in [2.24, 2.45) is 0 Å². The smallest absolute Gasteiger partial charge is 0.230 e. The van der Waals surface area contributed by atoms with Gasteiger partial charge in [0.1, 0.15) is 23.1 Å². The molecule has 4 rings (SSSR count). The van der Waals surface area contributed by atoms with Gasteiger partial charge in [-0.25, -0.2) is 18.2 Å². The van der Waals surface area contributed by atoms with E-state index < -0.39 is 17.5 Å². The first-order chi connectivity index (χ1) is 13.5. The zero-order chi connectivity index (χ0) is 19.7. The number of nitrogens with one attached hydrogen (secondary N) is 1. The van der Waals surface area contributed by atoms with E-state index in [1.807, 2.05) is 30.3 Å². The monoisotopic (exact) mass is 381 g/mol. The normalized spacial score (nSPS) is 11.0. The van der Waals surface area contributed by atoms with Crippen molar-refractivity contribution in [3.63, 3.8) is 0 Å². The van der Waals surface area contributed by atoms with Crippen LogP contribution in [0.25, 0.3) is 16.9 Å². The van der Waals surface area contributed by atoms with Crippen molar-refractivity contribution in [3.05, 3.63) is 89.9 Å². The second kappa shape index (κ2) is 7.19. The Kier molecular flexibility index (Phi) is 4.57. The first kappa shape index (κ1) is 17.8. The molecule has 0 saturated heterocycles. The van der Waals surface area contributed by atoms with Crippen LogP contribution in [0.5, 0.6) is 0 Å². The van der Waals surface area contributed by atoms with Crippen LogP contribution in [0, 0.1) is 17.5 Å². The van der Waals surface area contributed by atoms with Gasteiger partial charge in [0.05, 0.1) is 12.1 Å². The zero-order valence-corrected chi connectivity index (χ0v) is 14.5. The van der Waals surface area contributed by atoms with Gasteiger partial charge in [-0.2, -0.15) is 0 Å². The molecule has 0 atom stereocenters. The topological polar surface area (TPSA) is 46.4 Å². The maximum atomic E-state index is 13.8. The highest BCUT2D eigenvalue weighted by molar-refractivity contribution is 5.95. The maximum absolute atomic E-state index is 13.8. The Hall–Kier alpha value is -3.61. The molecule has 1 N–H and O–H groups in total. The second-order valence-corrected chi connectivity index (χ2v) is 6.25. The average molecular weight is 381 g/mol. The fourth-order valence-electron chi connectivity index (χ4n) is 3.03. The van der Waals surface area contributed by atoms with Gasteiger partial charge in [-0.15, -0.1) is 0 Å². The first-order valence-corrected chi connectivity index (χ1v) is 8.47. The van der Waals surface area contributed by atoms with Crippen LogP contribution in [0.1, 0.15) is 5.56 Å². The minimum atomic E-state index is -0.789. The van der Waals surface area contributed by atoms with Gasteiger partial charge in [-0.3, -0.25) is 9.20 Å². The number of aromatic nitrogens is 2. The van der Waals surface area contributed by atoms with E-state index in [1.165, 1.54) is 16.5 Å². The number of imidazole rings is 1. The predicted octanol–water partition coefficient (Wildman–Crippen LogP) is 4.60. The lowest BCUT2D eigenvalue weighted by molar-refractivity contribution is -0.115. The highest BCUT2D eigenvalue weighted by Crippen LogP contribution is 2.30. The number of fused-ring (bicyclic) bond motifs is 1. The summed E-state index contributed by atoms with van der Waals surface area (Å²) in [5, 5.41) is 2.67. The number of carbonyl (C=O) groups excluding carboxylic acids is 1. The predicted molar refractivity (Wildman–Crippen MR) is 99.3 cm³/mol. The van der Waals surface area contributed by atoms with Gasteiger partial charge in [0.15, 0.2) is 5.82 Å². The van der Waals surface area contributed by atoms with E-state index in [1.54, 1.807) is 0 Å². The van der Waals surface area contributed by atoms with Crippen molar-refractivity contribution in [2.75, 3.05) is 5.32 Å². The van der Waals surface area contributed by atoms with Crippen LogP contribution in [0.2, 0.25) is 0 Å². The molecule has 0 aliphatic heterocycles. The largest absolute Gasteiger partial charge is 0.309 e. The molecule has 0 aliphatic carbocycles. The lowest BCUT2D eigenvalue weighted by Gasteiger charge is -2.08. The lowest BCUT2D eigenvalue weighted by atomic mass is 10.1. The molecule has 2 heterocycles. The van der Waals surface area contributed by atoms with Gasteiger partial charge < -0.3 is 5.32 Å². The Labute approximate surface area is 158 Å². The minimum absolute atomic E-state index is 0.0940. The van der Waals surface area contributed by atoms with Crippen LogP contribution in [0.3, 0.4) is 0 Å². The van der Waals surface area contributed by atoms with Crippen molar-refractivity contribution in [2.45, 2.75) is 6.42 Å². The second-order valence-electron chi connectivity index (χ2n) is 6.25. The summed E-state index contributed by atoms with van der Waals surface area (Å²) in [7, 11) is 0. The lowest BCUT2D eigenvalue weighted by Crippen LogP contribution is -2.15. The van der Waals surface area contributed by atoms with Crippen molar-refractivity contribution < 1.29 is 18.0 Å². The van der Waals surface area contributed by atoms with Crippen molar-refractivity contribution in [1.29, 1.82) is 0 Å². The van der Waals surface area contributed by atoms with E-state index in [0.717, 1.165) is 30.0 Å². The average Bonchev–Trinajstić information content (AvgIpc) is 2.98. The summed E-state index contributed by atoms with van der Waals surface area (Å²) in [4.78, 5) is 16.8. The molecule has 0 saturated carbocycles. The summed E-state index contributed by atoms with van der Waals surface area (Å²) in [5.41, 5.74) is 1.45. The Balaban J connectivity index is 1.78. The van der Waals surface area contributed by atoms with Gasteiger partial charge in [-0.1, -0.05) is 30.3 Å². The number of halogens is 3. The zero-order valence-electron chi connectivity index (χ0n) is 14.5. The molecule has 4 nitrogen and oxygen atoms in total. The van der Waals surface area contributed by atoms with Crippen LogP contribution in [0.15, 0.2) is 66.9 Å². The van der Waals surface area contributed by atoms with Crippen molar-refractivity contribution >= 4 is 17.4 Å². The molecule has 0 fully saturated rings. The first-order valence-electron chi connectivity index (χ1n) is 8.47. The number of amides is 1. The van der Waals surface area contributed by atoms with Crippen LogP contribution in [-0.4, -0.2) is 15.3 Å². The number of benzene rings is 2. The maximum Gasteiger partial charge on any atom is 0.230 e. The number of nitrogens with zero attached hydrogens (tertiary/aromatic N) is 2. The molecule has 7 heteroatoms. The quantitative estimate of drug-likeness (QED) is 0.562. The van der Waals surface area contributed by atoms with Crippen molar-refractivity contribution in [1.82, 2.24) is 9.38 Å². The van der Waals surface area contributed by atoms with Gasteiger partial charge in [0.2, 0.25) is 5.91 Å². The standard InChI is InChI=1S/C21H14F3N3O/c22-15-6-7-18-25-21(26-19(28)8-13-4-2-1-3-5-13)20(27(18)12-15)14-9-16(23)11-17(24)10-14/h1-7,9-12H,8H2,(H,26,28). The molecule has 28 heavy (non-hydrogen) atoms. The minimum Gasteiger partial charge on any atom is -0.309 e. The van der Waals surface area contributed by atoms with Crippen LogP contribution < -0.4 is 5.32 Å². The van der Waals surface area contributed by atoms with Crippen LogP contribution in [0.4, 0.5) is 19.0 Å². The number of anilines is 1. The highest BCUT2D eigenvalue weighted by atomic mass is 19.1. The number of pyridine rings is 1. The molecule has 2 aromatic carbocycles. The summed E-state index contributed by atoms with van der Waals surface area (Å²) in [6, 6.07) is 14.7. The number of rotatable bonds is 4. The fraction of sp³-hybridized carbons (Fsp3) is 0.0476. The third-order valence-corrected chi connectivity index (χ3v) is 4.18. The summed E-state index contributed by atoms with van der Waals surface area (Å²) >= 11 is 0. The van der Waals surface area contributed by atoms with Gasteiger partial charge in [0, 0.05) is 17.8 Å². The number of hydrogen-bond donors (Lipinski definition) is 1. The molecular weight excluding hydrogens is 367 g/mol. The summed E-state index contributed by atoms with van der Waals surface area (Å²) < 4.78 is 42.6. The molecule has 2 aromatic heterocycles. The third-order valence-electron chi connectivity index (χ3n) is 4.18. The molecular formula is C21H14F3N3O. The number of hydrogen-bond acceptors (Lipinski definition) is 2. The molecule has 4 aromatic rings. The van der Waals surface area contributed by atoms with Gasteiger partial charge in [0.25, 0.3) is 0 Å². The molecule has 0 radical (unpaired) electrons. The van der Waals surface area contributed by atoms with E-state index in [2.05, 4.69) is 10.3 Å². The van der Waals surface area contributed by atoms with E-state index in [-0.39, 0.29) is 29.4 Å². The SMILES string of the molecule is O=C(Cc1ccccc1)Nc1nc2ccc(F)cn2c1-c1cc(F)cc(F)c1. The molecule has 140 valence electrons. The summed E-state index contributed by atoms with van der Waals surface area (Å²) in [5.74, 6) is -2.39. The number of carbonyl (C=O) groups is 1. The Morgan fingerprint density at radius 2 is 1.64 bits per heavy atom. The van der Waals surface area contributed by atoms with Gasteiger partial charge >= 0.3 is 0 Å². The molecule has 0 spiro atoms. The van der Waals surface area contributed by atoms with E-state index >= 15 is 0 Å². The Morgan fingerprint density at radius 3 is 2.36 bits per heavy atom. The van der Waals surface area contributed by atoms with E-state index in [9.17, 15) is 18.0 Å². The van der Waals surface area contributed by atoms with E-state index in [0.29, 0.717) is 5.65 Å². The van der Waals surface area contributed by atoms with Gasteiger partial charge in [-0.05, 0) is 29.8 Å². The summed E-state index contributed by atoms with van der Waals surface area (Å²) in [6.45, 7) is 0. The van der Waals surface area contributed by atoms with E-state index in [4.69, 9.17) is 0 Å². The Morgan fingerprint density at radius 1 is 0.929 bits per heavy atom. The van der Waals surface area contributed by atoms with Crippen molar-refractivity contribution in [3.8, 4) is 11.3 Å². The molecule has 0 unspecified atom stereocenters. The Bertz CT molecular complexity index is 1150. The molecule has 0 aliphatic rings. The molecule has 1 amide bonds. The highest BCUT2D eigenvalue weighted by Gasteiger charge is 2.18. The fourth-order valence-corrected chi connectivity index (χ4v) is 3.03. The van der Waals surface area contributed by atoms with Crippen LogP contribution in [-0.2, 0) is 11.2 Å². The third kappa shape index (κ3) is 3.59. The summed E-state index contributed by atoms with van der Waals surface area (Å²) in [6.07, 6.45) is 1.24.